The molecule has 0 bridgehead atoms. The molecule has 0 radical (unpaired) electrons. The van der Waals surface area contributed by atoms with Crippen LogP contribution in [0.1, 0.15) is 50.6 Å². The lowest BCUT2D eigenvalue weighted by atomic mass is 9.93. The monoisotopic (exact) mass is 309 g/mol. The summed E-state index contributed by atoms with van der Waals surface area (Å²) >= 11 is 0. The van der Waals surface area contributed by atoms with Crippen LogP contribution in [0.25, 0.3) is 0 Å². The van der Waals surface area contributed by atoms with E-state index in [0.29, 0.717) is 6.54 Å². The largest absolute Gasteiger partial charge is 0.480 e. The molecule has 1 rings (SSSR count). The summed E-state index contributed by atoms with van der Waals surface area (Å²) in [6, 6.07) is 0. The Labute approximate surface area is 132 Å². The molecule has 1 aromatic heterocycles. The Hall–Kier alpha value is -1.85. The van der Waals surface area contributed by atoms with Crippen LogP contribution in [0, 0.1) is 19.3 Å². The van der Waals surface area contributed by atoms with Crippen molar-refractivity contribution in [1.82, 2.24) is 14.7 Å². The zero-order chi connectivity index (χ0) is 17.2. The molecule has 0 spiro atoms. The molecule has 0 saturated heterocycles. The van der Waals surface area contributed by atoms with Gasteiger partial charge in [0.1, 0.15) is 6.54 Å². The first-order valence-corrected chi connectivity index (χ1v) is 7.44. The molecule has 1 heterocycles. The van der Waals surface area contributed by atoms with Crippen molar-refractivity contribution in [3.05, 3.63) is 17.0 Å². The van der Waals surface area contributed by atoms with Crippen molar-refractivity contribution in [3.8, 4) is 0 Å². The molecule has 1 amide bonds. The summed E-state index contributed by atoms with van der Waals surface area (Å²) in [7, 11) is 1.84. The topological polar surface area (TPSA) is 75.4 Å². The van der Waals surface area contributed by atoms with E-state index < -0.39 is 11.9 Å². The minimum Gasteiger partial charge on any atom is -0.480 e. The van der Waals surface area contributed by atoms with Crippen LogP contribution in [-0.4, -0.2) is 44.8 Å². The van der Waals surface area contributed by atoms with E-state index >= 15 is 0 Å². The fraction of sp³-hybridized carbons (Fsp3) is 0.688. The number of hydrogen-bond donors (Lipinski definition) is 1. The standard InChI is InChI=1S/C16H27N3O3/c1-10(14-11(2)17-18(7)12(14)3)15(22)19(8-13(20)21)9-16(4,5)6/h10H,8-9H2,1-7H3,(H,20,21). The third-order valence-electron chi connectivity index (χ3n) is 3.67. The summed E-state index contributed by atoms with van der Waals surface area (Å²) in [6.07, 6.45) is 0. The van der Waals surface area contributed by atoms with E-state index in [2.05, 4.69) is 5.10 Å². The number of carbonyl (C=O) groups excluding carboxylic acids is 1. The number of nitrogens with zero attached hydrogens (tertiary/aromatic N) is 3. The van der Waals surface area contributed by atoms with Gasteiger partial charge >= 0.3 is 5.97 Å². The zero-order valence-electron chi connectivity index (χ0n) is 14.6. The van der Waals surface area contributed by atoms with Gasteiger partial charge in [-0.3, -0.25) is 14.3 Å². The van der Waals surface area contributed by atoms with Gasteiger partial charge in [-0.25, -0.2) is 0 Å². The number of rotatable bonds is 5. The molecule has 1 aromatic rings. The maximum atomic E-state index is 12.8. The van der Waals surface area contributed by atoms with E-state index in [9.17, 15) is 9.59 Å². The van der Waals surface area contributed by atoms with Crippen molar-refractivity contribution in [1.29, 1.82) is 0 Å². The van der Waals surface area contributed by atoms with Crippen molar-refractivity contribution in [2.45, 2.75) is 47.5 Å². The van der Waals surface area contributed by atoms with Gasteiger partial charge in [0.2, 0.25) is 5.91 Å². The van der Waals surface area contributed by atoms with Crippen LogP contribution in [0.15, 0.2) is 0 Å². The van der Waals surface area contributed by atoms with Crippen LogP contribution in [0.2, 0.25) is 0 Å². The van der Waals surface area contributed by atoms with Gasteiger partial charge in [0.25, 0.3) is 0 Å². The van der Waals surface area contributed by atoms with E-state index in [1.54, 1.807) is 4.68 Å². The van der Waals surface area contributed by atoms with Gasteiger partial charge in [-0.15, -0.1) is 0 Å². The summed E-state index contributed by atoms with van der Waals surface area (Å²) in [5.41, 5.74) is 2.47. The van der Waals surface area contributed by atoms with Gasteiger partial charge in [0.05, 0.1) is 11.6 Å². The summed E-state index contributed by atoms with van der Waals surface area (Å²) in [5, 5.41) is 13.4. The van der Waals surface area contributed by atoms with Gasteiger partial charge in [0, 0.05) is 24.8 Å². The fourth-order valence-corrected chi connectivity index (χ4v) is 2.76. The van der Waals surface area contributed by atoms with Crippen molar-refractivity contribution >= 4 is 11.9 Å². The van der Waals surface area contributed by atoms with Crippen LogP contribution < -0.4 is 0 Å². The Balaban J connectivity index is 3.09. The second-order valence-electron chi connectivity index (χ2n) is 7.08. The van der Waals surface area contributed by atoms with Crippen LogP contribution in [-0.2, 0) is 16.6 Å². The highest BCUT2D eigenvalue weighted by Gasteiger charge is 2.30. The molecular weight excluding hydrogens is 282 g/mol. The Kier molecular flexibility index (Phi) is 5.38. The number of hydrogen-bond acceptors (Lipinski definition) is 3. The molecule has 124 valence electrons. The van der Waals surface area contributed by atoms with Crippen molar-refractivity contribution in [3.63, 3.8) is 0 Å². The van der Waals surface area contributed by atoms with Gasteiger partial charge < -0.3 is 10.0 Å². The van der Waals surface area contributed by atoms with Gasteiger partial charge in [-0.05, 0) is 26.2 Å². The molecule has 6 heteroatoms. The molecule has 0 aliphatic carbocycles. The molecule has 0 aliphatic rings. The maximum absolute atomic E-state index is 12.8. The van der Waals surface area contributed by atoms with E-state index in [0.717, 1.165) is 17.0 Å². The molecule has 22 heavy (non-hydrogen) atoms. The number of carboxylic acids is 1. The molecular formula is C16H27N3O3. The first kappa shape index (κ1) is 18.2. The van der Waals surface area contributed by atoms with Crippen LogP contribution in [0.4, 0.5) is 0 Å². The smallest absolute Gasteiger partial charge is 0.323 e. The molecule has 1 unspecified atom stereocenters. The molecule has 0 aromatic carbocycles. The average Bonchev–Trinajstić information content (AvgIpc) is 2.58. The number of aliphatic carboxylic acids is 1. The lowest BCUT2D eigenvalue weighted by Gasteiger charge is -2.31. The van der Waals surface area contributed by atoms with Crippen LogP contribution >= 0.6 is 0 Å². The first-order valence-electron chi connectivity index (χ1n) is 7.44. The lowest BCUT2D eigenvalue weighted by Crippen LogP contribution is -2.43. The molecule has 1 atom stereocenters. The van der Waals surface area contributed by atoms with E-state index in [-0.39, 0.29) is 17.9 Å². The number of aromatic nitrogens is 2. The predicted molar refractivity (Wildman–Crippen MR) is 84.8 cm³/mol. The van der Waals surface area contributed by atoms with Gasteiger partial charge in [-0.1, -0.05) is 20.8 Å². The molecule has 1 N–H and O–H groups in total. The highest BCUT2D eigenvalue weighted by Crippen LogP contribution is 2.26. The summed E-state index contributed by atoms with van der Waals surface area (Å²) in [4.78, 5) is 25.3. The summed E-state index contributed by atoms with van der Waals surface area (Å²) < 4.78 is 1.75. The summed E-state index contributed by atoms with van der Waals surface area (Å²) in [5.74, 6) is -1.57. The third-order valence-corrected chi connectivity index (χ3v) is 3.67. The second kappa shape index (κ2) is 6.50. The molecule has 0 fully saturated rings. The summed E-state index contributed by atoms with van der Waals surface area (Å²) in [6.45, 7) is 11.7. The minimum absolute atomic E-state index is 0.163. The molecule has 0 saturated carbocycles. The van der Waals surface area contributed by atoms with Gasteiger partial charge in [-0.2, -0.15) is 5.10 Å². The highest BCUT2D eigenvalue weighted by molar-refractivity contribution is 5.87. The quantitative estimate of drug-likeness (QED) is 0.904. The normalized spacial score (nSPS) is 13.0. The Morgan fingerprint density at radius 1 is 1.32 bits per heavy atom. The predicted octanol–water partition coefficient (Wildman–Crippen LogP) is 2.10. The van der Waals surface area contributed by atoms with Crippen LogP contribution in [0.3, 0.4) is 0 Å². The first-order chi connectivity index (χ1) is 9.94. The maximum Gasteiger partial charge on any atom is 0.323 e. The Morgan fingerprint density at radius 3 is 2.23 bits per heavy atom. The van der Waals surface area contributed by atoms with Crippen molar-refractivity contribution in [2.75, 3.05) is 13.1 Å². The number of amides is 1. The third kappa shape index (κ3) is 4.32. The van der Waals surface area contributed by atoms with E-state index in [1.807, 2.05) is 48.6 Å². The second-order valence-corrected chi connectivity index (χ2v) is 7.08. The Morgan fingerprint density at radius 2 is 1.86 bits per heavy atom. The van der Waals surface area contributed by atoms with Crippen LogP contribution in [0.5, 0.6) is 0 Å². The minimum atomic E-state index is -0.996. The average molecular weight is 309 g/mol. The number of carboxylic acid groups (broad SMARTS) is 1. The van der Waals surface area contributed by atoms with E-state index in [4.69, 9.17) is 5.11 Å². The van der Waals surface area contributed by atoms with Crippen molar-refractivity contribution < 1.29 is 14.7 Å². The zero-order valence-corrected chi connectivity index (χ0v) is 14.6. The van der Waals surface area contributed by atoms with E-state index in [1.165, 1.54) is 4.90 Å². The SMILES string of the molecule is Cc1nn(C)c(C)c1C(C)C(=O)N(CC(=O)O)CC(C)(C)C. The molecule has 0 aliphatic heterocycles. The van der Waals surface area contributed by atoms with Crippen molar-refractivity contribution in [2.24, 2.45) is 12.5 Å². The lowest BCUT2D eigenvalue weighted by molar-refractivity contribution is -0.145. The number of carbonyl (C=O) groups is 2. The molecule has 6 nitrogen and oxygen atoms in total. The Bertz CT molecular complexity index is 570. The fourth-order valence-electron chi connectivity index (χ4n) is 2.76. The highest BCUT2D eigenvalue weighted by atomic mass is 16.4. The number of aryl methyl sites for hydroxylation is 2. The van der Waals surface area contributed by atoms with Gasteiger partial charge in [0.15, 0.2) is 0 Å².